The normalized spacial score (nSPS) is 12.9. The lowest BCUT2D eigenvalue weighted by molar-refractivity contribution is 0.103. The molecule has 2 heteroatoms. The van der Waals surface area contributed by atoms with Gasteiger partial charge in [0.1, 0.15) is 5.75 Å². The minimum Gasteiger partial charge on any atom is -0.496 e. The van der Waals surface area contributed by atoms with Gasteiger partial charge in [0.2, 0.25) is 0 Å². The van der Waals surface area contributed by atoms with Gasteiger partial charge < -0.3 is 4.74 Å². The molecule has 0 saturated heterocycles. The number of carbonyl (C=O) groups excluding carboxylic acids is 1. The predicted molar refractivity (Wildman–Crippen MR) is 70.4 cm³/mol. The molecule has 18 heavy (non-hydrogen) atoms. The first-order valence-corrected chi connectivity index (χ1v) is 6.01. The van der Waals surface area contributed by atoms with Crippen LogP contribution in [0.4, 0.5) is 0 Å². The van der Waals surface area contributed by atoms with Crippen molar-refractivity contribution >= 4 is 5.78 Å². The summed E-state index contributed by atoms with van der Waals surface area (Å²) in [4.78, 5) is 12.5. The van der Waals surface area contributed by atoms with Gasteiger partial charge in [0.15, 0.2) is 5.78 Å². The lowest BCUT2D eigenvalue weighted by atomic mass is 9.83. The topological polar surface area (TPSA) is 26.3 Å². The van der Waals surface area contributed by atoms with Gasteiger partial charge in [-0.1, -0.05) is 30.3 Å². The molecule has 0 radical (unpaired) electrons. The van der Waals surface area contributed by atoms with Crippen molar-refractivity contribution in [1.82, 2.24) is 0 Å². The Kier molecular flexibility index (Phi) is 2.44. The van der Waals surface area contributed by atoms with Gasteiger partial charge in [-0.05, 0) is 30.5 Å². The van der Waals surface area contributed by atoms with E-state index in [9.17, 15) is 4.79 Å². The Morgan fingerprint density at radius 3 is 2.61 bits per heavy atom. The van der Waals surface area contributed by atoms with Crippen molar-refractivity contribution in [1.29, 1.82) is 0 Å². The van der Waals surface area contributed by atoms with E-state index in [-0.39, 0.29) is 5.78 Å². The van der Waals surface area contributed by atoms with Gasteiger partial charge in [-0.2, -0.15) is 0 Å². The number of ether oxygens (including phenoxy) is 1. The highest BCUT2D eigenvalue weighted by Crippen LogP contribution is 2.33. The summed E-state index contributed by atoms with van der Waals surface area (Å²) in [6.45, 7) is 1.95. The fraction of sp³-hybridized carbons (Fsp3) is 0.188. The maximum atomic E-state index is 12.5. The van der Waals surface area contributed by atoms with Crippen LogP contribution in [-0.4, -0.2) is 12.9 Å². The molecule has 0 N–H and O–H groups in total. The fourth-order valence-electron chi connectivity index (χ4n) is 2.67. The molecule has 0 aromatic heterocycles. The summed E-state index contributed by atoms with van der Waals surface area (Å²) >= 11 is 0. The van der Waals surface area contributed by atoms with Crippen molar-refractivity contribution in [2.24, 2.45) is 0 Å². The van der Waals surface area contributed by atoms with Crippen LogP contribution in [0.3, 0.4) is 0 Å². The Morgan fingerprint density at radius 1 is 1.06 bits per heavy atom. The second-order valence-electron chi connectivity index (χ2n) is 4.59. The lowest BCUT2D eigenvalue weighted by Gasteiger charge is -2.21. The van der Waals surface area contributed by atoms with Gasteiger partial charge in [-0.25, -0.2) is 0 Å². The quantitative estimate of drug-likeness (QED) is 0.651. The van der Waals surface area contributed by atoms with Crippen molar-refractivity contribution in [3.8, 4) is 5.75 Å². The summed E-state index contributed by atoms with van der Waals surface area (Å²) in [6, 6.07) is 11.8. The number of hydrogen-bond donors (Lipinski definition) is 0. The Morgan fingerprint density at radius 2 is 1.83 bits per heavy atom. The SMILES string of the molecule is COc1ccc2c(c1C)C(=O)c1ccccc1C2. The van der Waals surface area contributed by atoms with E-state index in [1.54, 1.807) is 7.11 Å². The highest BCUT2D eigenvalue weighted by Gasteiger charge is 2.25. The van der Waals surface area contributed by atoms with Crippen LogP contribution in [-0.2, 0) is 6.42 Å². The molecule has 0 amide bonds. The lowest BCUT2D eigenvalue weighted by Crippen LogP contribution is -2.16. The highest BCUT2D eigenvalue weighted by molar-refractivity contribution is 6.13. The van der Waals surface area contributed by atoms with E-state index in [0.29, 0.717) is 0 Å². The molecule has 1 aliphatic rings. The molecule has 90 valence electrons. The van der Waals surface area contributed by atoms with Gasteiger partial charge in [0.05, 0.1) is 7.11 Å². The van der Waals surface area contributed by atoms with E-state index >= 15 is 0 Å². The fourth-order valence-corrected chi connectivity index (χ4v) is 2.67. The first-order valence-electron chi connectivity index (χ1n) is 6.01. The average molecular weight is 238 g/mol. The van der Waals surface area contributed by atoms with E-state index < -0.39 is 0 Å². The molecule has 0 atom stereocenters. The minimum absolute atomic E-state index is 0.114. The van der Waals surface area contributed by atoms with Crippen LogP contribution in [0, 0.1) is 6.92 Å². The molecule has 0 aliphatic heterocycles. The smallest absolute Gasteiger partial charge is 0.194 e. The summed E-state index contributed by atoms with van der Waals surface area (Å²) < 4.78 is 5.30. The predicted octanol–water partition coefficient (Wildman–Crippen LogP) is 3.14. The molecular formula is C16H14O2. The standard InChI is InChI=1S/C16H14O2/c1-10-14(18-2)8-7-12-9-11-5-3-4-6-13(11)16(17)15(10)12/h3-8H,9H2,1-2H3. The molecule has 0 unspecified atom stereocenters. The third-order valence-corrected chi connectivity index (χ3v) is 3.59. The van der Waals surface area contributed by atoms with Gasteiger partial charge in [-0.3, -0.25) is 4.79 Å². The van der Waals surface area contributed by atoms with E-state index in [2.05, 4.69) is 0 Å². The summed E-state index contributed by atoms with van der Waals surface area (Å²) in [5.41, 5.74) is 4.78. The number of fused-ring (bicyclic) bond motifs is 2. The number of rotatable bonds is 1. The molecule has 0 saturated carbocycles. The second-order valence-corrected chi connectivity index (χ2v) is 4.59. The van der Waals surface area contributed by atoms with Crippen molar-refractivity contribution in [3.05, 3.63) is 64.2 Å². The number of carbonyl (C=O) groups is 1. The van der Waals surface area contributed by atoms with Crippen molar-refractivity contribution in [2.75, 3.05) is 7.11 Å². The zero-order valence-corrected chi connectivity index (χ0v) is 10.5. The zero-order chi connectivity index (χ0) is 12.7. The van der Waals surface area contributed by atoms with Crippen LogP contribution in [0.15, 0.2) is 36.4 Å². The first-order chi connectivity index (χ1) is 8.72. The third kappa shape index (κ3) is 1.46. The molecule has 2 aromatic carbocycles. The molecule has 0 heterocycles. The maximum Gasteiger partial charge on any atom is 0.194 e. The highest BCUT2D eigenvalue weighted by atomic mass is 16.5. The van der Waals surface area contributed by atoms with Crippen LogP contribution in [0.5, 0.6) is 5.75 Å². The number of methoxy groups -OCH3 is 1. The van der Waals surface area contributed by atoms with Gasteiger partial charge in [-0.15, -0.1) is 0 Å². The Labute approximate surface area is 106 Å². The van der Waals surface area contributed by atoms with Crippen LogP contribution < -0.4 is 4.74 Å². The van der Waals surface area contributed by atoms with Crippen LogP contribution in [0.1, 0.15) is 32.6 Å². The minimum atomic E-state index is 0.114. The second kappa shape index (κ2) is 3.98. The summed E-state index contributed by atoms with van der Waals surface area (Å²) in [5.74, 6) is 0.893. The molecule has 2 aromatic rings. The largest absolute Gasteiger partial charge is 0.496 e. The van der Waals surface area contributed by atoms with Crippen LogP contribution >= 0.6 is 0 Å². The van der Waals surface area contributed by atoms with Crippen LogP contribution in [0.25, 0.3) is 0 Å². The molecule has 2 nitrogen and oxygen atoms in total. The molecular weight excluding hydrogens is 224 g/mol. The molecule has 0 spiro atoms. The summed E-state index contributed by atoms with van der Waals surface area (Å²) in [6.07, 6.45) is 0.822. The van der Waals surface area contributed by atoms with E-state index in [4.69, 9.17) is 4.74 Å². The monoisotopic (exact) mass is 238 g/mol. The summed E-state index contributed by atoms with van der Waals surface area (Å²) in [7, 11) is 1.63. The molecule has 0 fully saturated rings. The van der Waals surface area contributed by atoms with Crippen molar-refractivity contribution < 1.29 is 9.53 Å². The zero-order valence-electron chi connectivity index (χ0n) is 10.5. The summed E-state index contributed by atoms with van der Waals surface area (Å²) in [5, 5.41) is 0. The Balaban J connectivity index is 2.23. The number of hydrogen-bond acceptors (Lipinski definition) is 2. The number of benzene rings is 2. The Bertz CT molecular complexity index is 642. The molecule has 3 rings (SSSR count). The third-order valence-electron chi connectivity index (χ3n) is 3.59. The number of ketones is 1. The van der Waals surface area contributed by atoms with E-state index in [0.717, 1.165) is 40.0 Å². The maximum absolute atomic E-state index is 12.5. The average Bonchev–Trinajstić information content (AvgIpc) is 2.39. The van der Waals surface area contributed by atoms with Crippen molar-refractivity contribution in [2.45, 2.75) is 13.3 Å². The Hall–Kier alpha value is -2.09. The van der Waals surface area contributed by atoms with Gasteiger partial charge in [0, 0.05) is 16.7 Å². The van der Waals surface area contributed by atoms with Crippen molar-refractivity contribution in [3.63, 3.8) is 0 Å². The first kappa shape index (κ1) is 11.0. The van der Waals surface area contributed by atoms with Gasteiger partial charge in [0.25, 0.3) is 0 Å². The van der Waals surface area contributed by atoms with Crippen LogP contribution in [0.2, 0.25) is 0 Å². The van der Waals surface area contributed by atoms with Gasteiger partial charge >= 0.3 is 0 Å². The molecule has 1 aliphatic carbocycles. The van der Waals surface area contributed by atoms with E-state index in [1.165, 1.54) is 0 Å². The van der Waals surface area contributed by atoms with E-state index in [1.807, 2.05) is 43.3 Å². The molecule has 0 bridgehead atoms.